The molecule has 1 aliphatic heterocycles. The van der Waals surface area contributed by atoms with Crippen molar-refractivity contribution in [2.75, 3.05) is 31.5 Å². The van der Waals surface area contributed by atoms with Crippen LogP contribution in [-0.2, 0) is 0 Å². The number of nitrogens with one attached hydrogen (secondary N) is 1. The second-order valence-corrected chi connectivity index (χ2v) is 4.93. The first-order valence-corrected chi connectivity index (χ1v) is 6.85. The third-order valence-electron chi connectivity index (χ3n) is 3.49. The van der Waals surface area contributed by atoms with Gasteiger partial charge in [0.1, 0.15) is 5.69 Å². The summed E-state index contributed by atoms with van der Waals surface area (Å²) in [5.74, 6) is 0. The Kier molecular flexibility index (Phi) is 4.91. The summed E-state index contributed by atoms with van der Waals surface area (Å²) in [5, 5.41) is 22.9. The second-order valence-electron chi connectivity index (χ2n) is 4.93. The fourth-order valence-electron chi connectivity index (χ4n) is 2.44. The van der Waals surface area contributed by atoms with E-state index >= 15 is 0 Å². The van der Waals surface area contributed by atoms with Crippen molar-refractivity contribution in [3.63, 3.8) is 0 Å². The number of anilines is 1. The monoisotopic (exact) mass is 274 g/mol. The average Bonchev–Trinajstić information content (AvgIpc) is 2.96. The van der Waals surface area contributed by atoms with Gasteiger partial charge in [-0.1, -0.05) is 0 Å². The Morgan fingerprint density at radius 1 is 1.40 bits per heavy atom. The fraction of sp³-hybridized carbons (Fsp3) is 0.500. The molecule has 6 heteroatoms. The molecule has 0 bridgehead atoms. The molecule has 1 fully saturated rings. The quantitative estimate of drug-likeness (QED) is 0.489. The Balaban J connectivity index is 1.90. The van der Waals surface area contributed by atoms with Gasteiger partial charge >= 0.3 is 0 Å². The zero-order valence-corrected chi connectivity index (χ0v) is 11.3. The highest BCUT2D eigenvalue weighted by Gasteiger charge is 2.14. The van der Waals surface area contributed by atoms with Crippen molar-refractivity contribution in [2.24, 2.45) is 0 Å². The summed E-state index contributed by atoms with van der Waals surface area (Å²) in [6, 6.07) is 6.38. The molecule has 1 heterocycles. The molecule has 0 amide bonds. The summed E-state index contributed by atoms with van der Waals surface area (Å²) in [4.78, 5) is 12.9. The van der Waals surface area contributed by atoms with Gasteiger partial charge in [0, 0.05) is 12.6 Å². The highest BCUT2D eigenvalue weighted by Crippen LogP contribution is 2.25. The van der Waals surface area contributed by atoms with Crippen LogP contribution in [0, 0.1) is 21.4 Å². The van der Waals surface area contributed by atoms with E-state index in [-0.39, 0.29) is 5.69 Å². The zero-order valence-electron chi connectivity index (χ0n) is 11.3. The molecular formula is C14H18N4O2. The van der Waals surface area contributed by atoms with E-state index in [1.165, 1.54) is 31.0 Å². The number of nitriles is 1. The van der Waals surface area contributed by atoms with Crippen molar-refractivity contribution < 1.29 is 4.92 Å². The van der Waals surface area contributed by atoms with Gasteiger partial charge in [0.2, 0.25) is 0 Å². The van der Waals surface area contributed by atoms with E-state index in [2.05, 4.69) is 10.2 Å². The molecule has 1 aromatic rings. The van der Waals surface area contributed by atoms with Crippen LogP contribution in [0.1, 0.15) is 24.8 Å². The Hall–Kier alpha value is -2.13. The number of hydrogen-bond donors (Lipinski definition) is 1. The number of nitro benzene ring substituents is 1. The molecule has 0 saturated carbocycles. The van der Waals surface area contributed by atoms with Crippen molar-refractivity contribution in [3.05, 3.63) is 33.9 Å². The number of hydrogen-bond acceptors (Lipinski definition) is 5. The van der Waals surface area contributed by atoms with E-state index in [4.69, 9.17) is 5.26 Å². The highest BCUT2D eigenvalue weighted by molar-refractivity contribution is 5.64. The largest absolute Gasteiger partial charge is 0.379 e. The van der Waals surface area contributed by atoms with E-state index in [1.54, 1.807) is 0 Å². The summed E-state index contributed by atoms with van der Waals surface area (Å²) >= 11 is 0. The summed E-state index contributed by atoms with van der Waals surface area (Å²) in [6.07, 6.45) is 3.47. The van der Waals surface area contributed by atoms with E-state index < -0.39 is 4.92 Å². The predicted octanol–water partition coefficient (Wildman–Crippen LogP) is 2.36. The molecule has 0 aliphatic carbocycles. The van der Waals surface area contributed by atoms with Gasteiger partial charge in [-0.05, 0) is 51.0 Å². The molecule has 0 unspecified atom stereocenters. The van der Waals surface area contributed by atoms with Crippen molar-refractivity contribution in [1.29, 1.82) is 5.26 Å². The lowest BCUT2D eigenvalue weighted by molar-refractivity contribution is -0.384. The molecule has 1 aliphatic rings. The van der Waals surface area contributed by atoms with Crippen LogP contribution >= 0.6 is 0 Å². The van der Waals surface area contributed by atoms with E-state index in [9.17, 15) is 10.1 Å². The van der Waals surface area contributed by atoms with Crippen molar-refractivity contribution in [2.45, 2.75) is 19.3 Å². The fourth-order valence-corrected chi connectivity index (χ4v) is 2.44. The van der Waals surface area contributed by atoms with E-state index in [0.717, 1.165) is 26.1 Å². The van der Waals surface area contributed by atoms with Crippen LogP contribution in [0.3, 0.4) is 0 Å². The number of rotatable bonds is 6. The van der Waals surface area contributed by atoms with Crippen LogP contribution < -0.4 is 5.32 Å². The van der Waals surface area contributed by atoms with Crippen LogP contribution in [0.15, 0.2) is 18.2 Å². The summed E-state index contributed by atoms with van der Waals surface area (Å²) in [6.45, 7) is 4.00. The van der Waals surface area contributed by atoms with Gasteiger partial charge in [0.05, 0.1) is 16.6 Å². The standard InChI is InChI=1S/C14H18N4O2/c15-11-12-4-5-14(18(19)20)13(10-12)16-6-3-9-17-7-1-2-8-17/h4-5,10,16H,1-3,6-9H2. The maximum atomic E-state index is 10.9. The molecule has 1 saturated heterocycles. The Labute approximate surface area is 118 Å². The molecule has 0 spiro atoms. The maximum absolute atomic E-state index is 10.9. The molecule has 1 N–H and O–H groups in total. The van der Waals surface area contributed by atoms with Gasteiger partial charge in [0.15, 0.2) is 0 Å². The lowest BCUT2D eigenvalue weighted by Gasteiger charge is -2.14. The molecular weight excluding hydrogens is 256 g/mol. The third kappa shape index (κ3) is 3.68. The van der Waals surface area contributed by atoms with Gasteiger partial charge in [0.25, 0.3) is 5.69 Å². The summed E-state index contributed by atoms with van der Waals surface area (Å²) in [5.41, 5.74) is 0.873. The van der Waals surface area contributed by atoms with Crippen molar-refractivity contribution in [1.82, 2.24) is 4.90 Å². The molecule has 0 atom stereocenters. The minimum Gasteiger partial charge on any atom is -0.379 e. The van der Waals surface area contributed by atoms with E-state index in [0.29, 0.717) is 17.8 Å². The Bertz CT molecular complexity index is 518. The van der Waals surface area contributed by atoms with Gasteiger partial charge in [-0.3, -0.25) is 10.1 Å². The Morgan fingerprint density at radius 2 is 2.15 bits per heavy atom. The number of likely N-dealkylation sites (tertiary alicyclic amines) is 1. The SMILES string of the molecule is N#Cc1ccc([N+](=O)[O-])c(NCCCN2CCCC2)c1. The smallest absolute Gasteiger partial charge is 0.292 e. The van der Waals surface area contributed by atoms with Crippen LogP contribution in [-0.4, -0.2) is 36.0 Å². The number of nitrogens with zero attached hydrogens (tertiary/aromatic N) is 3. The van der Waals surface area contributed by atoms with Gasteiger partial charge in [-0.2, -0.15) is 5.26 Å². The van der Waals surface area contributed by atoms with Crippen LogP contribution in [0.25, 0.3) is 0 Å². The van der Waals surface area contributed by atoms with Crippen LogP contribution in [0.2, 0.25) is 0 Å². The van der Waals surface area contributed by atoms with Crippen molar-refractivity contribution in [3.8, 4) is 6.07 Å². The third-order valence-corrected chi connectivity index (χ3v) is 3.49. The van der Waals surface area contributed by atoms with Gasteiger partial charge in [-0.15, -0.1) is 0 Å². The molecule has 106 valence electrons. The molecule has 2 rings (SSSR count). The van der Waals surface area contributed by atoms with Crippen LogP contribution in [0.4, 0.5) is 11.4 Å². The van der Waals surface area contributed by atoms with E-state index in [1.807, 2.05) is 6.07 Å². The Morgan fingerprint density at radius 3 is 2.80 bits per heavy atom. The predicted molar refractivity (Wildman–Crippen MR) is 76.6 cm³/mol. The lowest BCUT2D eigenvalue weighted by Crippen LogP contribution is -2.22. The average molecular weight is 274 g/mol. The number of nitro groups is 1. The normalized spacial score (nSPS) is 14.9. The first-order chi connectivity index (χ1) is 9.70. The maximum Gasteiger partial charge on any atom is 0.292 e. The lowest BCUT2D eigenvalue weighted by atomic mass is 10.2. The molecule has 0 aromatic heterocycles. The number of benzene rings is 1. The molecule has 1 aromatic carbocycles. The zero-order chi connectivity index (χ0) is 14.4. The minimum absolute atomic E-state index is 0.0187. The van der Waals surface area contributed by atoms with Gasteiger partial charge < -0.3 is 10.2 Å². The summed E-state index contributed by atoms with van der Waals surface area (Å²) in [7, 11) is 0. The topological polar surface area (TPSA) is 82.2 Å². The minimum atomic E-state index is -0.427. The second kappa shape index (κ2) is 6.87. The summed E-state index contributed by atoms with van der Waals surface area (Å²) < 4.78 is 0. The van der Waals surface area contributed by atoms with Crippen molar-refractivity contribution >= 4 is 11.4 Å². The molecule has 20 heavy (non-hydrogen) atoms. The van der Waals surface area contributed by atoms with Gasteiger partial charge in [-0.25, -0.2) is 0 Å². The first-order valence-electron chi connectivity index (χ1n) is 6.85. The van der Waals surface area contributed by atoms with Crippen LogP contribution in [0.5, 0.6) is 0 Å². The highest BCUT2D eigenvalue weighted by atomic mass is 16.6. The molecule has 6 nitrogen and oxygen atoms in total. The molecule has 0 radical (unpaired) electrons. The first kappa shape index (κ1) is 14.3.